The molecule has 2 aromatic carbocycles. The van der Waals surface area contributed by atoms with E-state index in [9.17, 15) is 9.18 Å². The second-order valence-electron chi connectivity index (χ2n) is 5.48. The Bertz CT molecular complexity index is 812. The summed E-state index contributed by atoms with van der Waals surface area (Å²) in [5, 5.41) is 3.32. The fourth-order valence-corrected chi connectivity index (χ4v) is 2.73. The summed E-state index contributed by atoms with van der Waals surface area (Å²) in [5.41, 5.74) is 7.18. The number of hydrogen-bond acceptors (Lipinski definition) is 3. The highest BCUT2D eigenvalue weighted by molar-refractivity contribution is 7.80. The van der Waals surface area contributed by atoms with Crippen molar-refractivity contribution in [3.8, 4) is 5.75 Å². The molecule has 0 radical (unpaired) electrons. The number of para-hydroxylation sites is 2. The van der Waals surface area contributed by atoms with Crippen LogP contribution in [0.2, 0.25) is 0 Å². The zero-order valence-electron chi connectivity index (χ0n) is 13.0. The fourth-order valence-electron chi connectivity index (χ4n) is 2.44. The predicted molar refractivity (Wildman–Crippen MR) is 94.8 cm³/mol. The molecule has 0 fully saturated rings. The summed E-state index contributed by atoms with van der Waals surface area (Å²) in [7, 11) is 0. The van der Waals surface area contributed by atoms with Crippen molar-refractivity contribution in [1.29, 1.82) is 0 Å². The average molecular weight is 345 g/mol. The van der Waals surface area contributed by atoms with Gasteiger partial charge in [0.25, 0.3) is 5.91 Å². The van der Waals surface area contributed by atoms with Gasteiger partial charge in [-0.25, -0.2) is 4.39 Å². The summed E-state index contributed by atoms with van der Waals surface area (Å²) in [6.45, 7) is 1.87. The van der Waals surface area contributed by atoms with Crippen molar-refractivity contribution in [1.82, 2.24) is 0 Å². The highest BCUT2D eigenvalue weighted by Crippen LogP contribution is 2.33. The number of aryl methyl sites for hydroxylation is 1. The summed E-state index contributed by atoms with van der Waals surface area (Å²) < 4.78 is 19.3. The fraction of sp³-hybridized carbons (Fsp3) is 0.176. The van der Waals surface area contributed by atoms with E-state index in [2.05, 4.69) is 5.32 Å². The number of amides is 1. The highest BCUT2D eigenvalue weighted by atomic mass is 32.1. The number of hydrogen-bond donors (Lipinski definition) is 2. The van der Waals surface area contributed by atoms with Gasteiger partial charge in [-0.1, -0.05) is 18.2 Å². The van der Waals surface area contributed by atoms with Crippen LogP contribution in [0.25, 0.3) is 0 Å². The topological polar surface area (TPSA) is 67.6 Å². The summed E-state index contributed by atoms with van der Waals surface area (Å²) >= 11 is 5.43. The van der Waals surface area contributed by atoms with Crippen LogP contribution in [0.1, 0.15) is 5.56 Å². The molecule has 24 heavy (non-hydrogen) atoms. The SMILES string of the molecule is Cc1ccc(NC(=S)N2C[C@@H](C(N)=O)Oc3ccccc32)cc1F. The molecule has 0 saturated heterocycles. The lowest BCUT2D eigenvalue weighted by Crippen LogP contribution is -2.50. The third-order valence-corrected chi connectivity index (χ3v) is 4.08. The lowest BCUT2D eigenvalue weighted by atomic mass is 10.2. The average Bonchev–Trinajstić information content (AvgIpc) is 2.57. The molecular formula is C17H16FN3O2S. The zero-order chi connectivity index (χ0) is 17.3. The molecule has 0 bridgehead atoms. The standard InChI is InChI=1S/C17H16FN3O2S/c1-10-6-7-11(8-12(10)18)20-17(24)21-9-15(16(19)22)23-14-5-3-2-4-13(14)21/h2-8,15H,9H2,1H3,(H2,19,22)(H,20,24)/t15-/m0/s1. The number of carbonyl (C=O) groups is 1. The van der Waals surface area contributed by atoms with Crippen molar-refractivity contribution in [2.24, 2.45) is 5.73 Å². The number of nitrogens with one attached hydrogen (secondary N) is 1. The van der Waals surface area contributed by atoms with Gasteiger partial charge in [-0.3, -0.25) is 4.79 Å². The van der Waals surface area contributed by atoms with Crippen molar-refractivity contribution in [2.75, 3.05) is 16.8 Å². The van der Waals surface area contributed by atoms with Gasteiger partial charge in [0.15, 0.2) is 11.2 Å². The van der Waals surface area contributed by atoms with Crippen LogP contribution in [0.15, 0.2) is 42.5 Å². The molecule has 1 aliphatic rings. The summed E-state index contributed by atoms with van der Waals surface area (Å²) in [4.78, 5) is 13.3. The van der Waals surface area contributed by atoms with Crippen LogP contribution in [0.3, 0.4) is 0 Å². The number of nitrogens with zero attached hydrogens (tertiary/aromatic N) is 1. The third-order valence-electron chi connectivity index (χ3n) is 3.76. The molecule has 1 atom stereocenters. The van der Waals surface area contributed by atoms with Gasteiger partial charge >= 0.3 is 0 Å². The van der Waals surface area contributed by atoms with Crippen LogP contribution in [-0.4, -0.2) is 23.7 Å². The van der Waals surface area contributed by atoms with Gasteiger partial charge in [0.1, 0.15) is 11.6 Å². The maximum Gasteiger partial charge on any atom is 0.260 e. The van der Waals surface area contributed by atoms with Gasteiger partial charge in [0.05, 0.1) is 12.2 Å². The minimum absolute atomic E-state index is 0.187. The molecule has 124 valence electrons. The number of carbonyl (C=O) groups excluding carboxylic acids is 1. The van der Waals surface area contributed by atoms with E-state index in [0.29, 0.717) is 22.1 Å². The minimum Gasteiger partial charge on any atom is -0.477 e. The number of ether oxygens (including phenoxy) is 1. The van der Waals surface area contributed by atoms with Crippen molar-refractivity contribution < 1.29 is 13.9 Å². The van der Waals surface area contributed by atoms with E-state index in [1.165, 1.54) is 6.07 Å². The predicted octanol–water partition coefficient (Wildman–Crippen LogP) is 2.58. The molecule has 2 aromatic rings. The van der Waals surface area contributed by atoms with E-state index in [0.717, 1.165) is 5.69 Å². The Labute approximate surface area is 144 Å². The Balaban J connectivity index is 1.87. The van der Waals surface area contributed by atoms with Gasteiger partial charge in [-0.05, 0) is 49.0 Å². The number of rotatable bonds is 2. The van der Waals surface area contributed by atoms with Crippen molar-refractivity contribution in [3.05, 3.63) is 53.8 Å². The smallest absolute Gasteiger partial charge is 0.260 e. The molecule has 0 aromatic heterocycles. The molecule has 0 aliphatic carbocycles. The number of nitrogens with two attached hydrogens (primary N) is 1. The number of primary amides is 1. The first-order valence-electron chi connectivity index (χ1n) is 7.35. The van der Waals surface area contributed by atoms with Gasteiger partial charge in [-0.15, -0.1) is 0 Å². The van der Waals surface area contributed by atoms with Gasteiger partial charge < -0.3 is 20.7 Å². The Kier molecular flexibility index (Phi) is 4.35. The largest absolute Gasteiger partial charge is 0.477 e. The molecule has 0 spiro atoms. The quantitative estimate of drug-likeness (QED) is 0.819. The second kappa shape index (κ2) is 6.45. The Morgan fingerprint density at radius 2 is 2.12 bits per heavy atom. The molecule has 5 nitrogen and oxygen atoms in total. The van der Waals surface area contributed by atoms with Gasteiger partial charge in [-0.2, -0.15) is 0 Å². The lowest BCUT2D eigenvalue weighted by Gasteiger charge is -2.35. The van der Waals surface area contributed by atoms with E-state index in [1.807, 2.05) is 12.1 Å². The van der Waals surface area contributed by atoms with E-state index < -0.39 is 12.0 Å². The first-order valence-corrected chi connectivity index (χ1v) is 7.76. The first kappa shape index (κ1) is 16.2. The Morgan fingerprint density at radius 3 is 2.83 bits per heavy atom. The van der Waals surface area contributed by atoms with E-state index in [4.69, 9.17) is 22.7 Å². The zero-order valence-corrected chi connectivity index (χ0v) is 13.8. The van der Waals surface area contributed by atoms with E-state index in [1.54, 1.807) is 36.1 Å². The first-order chi connectivity index (χ1) is 11.5. The number of anilines is 2. The van der Waals surface area contributed by atoms with Crippen LogP contribution in [-0.2, 0) is 4.79 Å². The minimum atomic E-state index is -0.811. The Morgan fingerprint density at radius 1 is 1.38 bits per heavy atom. The normalized spacial score (nSPS) is 16.1. The highest BCUT2D eigenvalue weighted by Gasteiger charge is 2.31. The Hall–Kier alpha value is -2.67. The van der Waals surface area contributed by atoms with Gasteiger partial charge in [0.2, 0.25) is 0 Å². The molecule has 7 heteroatoms. The number of halogens is 1. The van der Waals surface area contributed by atoms with Crippen molar-refractivity contribution in [3.63, 3.8) is 0 Å². The summed E-state index contributed by atoms with van der Waals surface area (Å²) in [5.74, 6) is -0.370. The summed E-state index contributed by atoms with van der Waals surface area (Å²) in [6.07, 6.45) is -0.811. The molecule has 0 saturated carbocycles. The molecular weight excluding hydrogens is 329 g/mol. The molecule has 0 unspecified atom stereocenters. The molecule has 1 heterocycles. The van der Waals surface area contributed by atoms with Crippen molar-refractivity contribution in [2.45, 2.75) is 13.0 Å². The number of benzene rings is 2. The van der Waals surface area contributed by atoms with Crippen LogP contribution in [0.5, 0.6) is 5.75 Å². The second-order valence-corrected chi connectivity index (χ2v) is 5.87. The molecule has 1 amide bonds. The number of thiocarbonyl (C=S) groups is 1. The third kappa shape index (κ3) is 3.16. The lowest BCUT2D eigenvalue weighted by molar-refractivity contribution is -0.124. The van der Waals surface area contributed by atoms with Crippen molar-refractivity contribution >= 4 is 34.6 Å². The molecule has 3 N–H and O–H groups in total. The summed E-state index contributed by atoms with van der Waals surface area (Å²) in [6, 6.07) is 12.0. The van der Waals surface area contributed by atoms with Crippen LogP contribution >= 0.6 is 12.2 Å². The van der Waals surface area contributed by atoms with Crippen LogP contribution < -0.4 is 20.7 Å². The maximum absolute atomic E-state index is 13.7. The van der Waals surface area contributed by atoms with Crippen LogP contribution in [0, 0.1) is 12.7 Å². The number of fused-ring (bicyclic) bond motifs is 1. The molecule has 3 rings (SSSR count). The van der Waals surface area contributed by atoms with E-state index in [-0.39, 0.29) is 12.4 Å². The van der Waals surface area contributed by atoms with Crippen LogP contribution in [0.4, 0.5) is 15.8 Å². The van der Waals surface area contributed by atoms with E-state index >= 15 is 0 Å². The molecule has 1 aliphatic heterocycles. The van der Waals surface area contributed by atoms with Gasteiger partial charge in [0, 0.05) is 5.69 Å². The monoisotopic (exact) mass is 345 g/mol. The maximum atomic E-state index is 13.7.